The molecule has 0 amide bonds. The highest BCUT2D eigenvalue weighted by Gasteiger charge is 2.54. The first-order chi connectivity index (χ1) is 21.4. The molecule has 5 aromatic rings. The summed E-state index contributed by atoms with van der Waals surface area (Å²) >= 11 is 6.81. The Morgan fingerprint density at radius 1 is 1.18 bits per heavy atom. The van der Waals surface area contributed by atoms with Gasteiger partial charge in [0.05, 0.1) is 52.2 Å². The summed E-state index contributed by atoms with van der Waals surface area (Å²) in [7, 11) is 1.93. The van der Waals surface area contributed by atoms with E-state index >= 15 is 0 Å². The van der Waals surface area contributed by atoms with Gasteiger partial charge in [0.25, 0.3) is 6.43 Å². The lowest BCUT2D eigenvalue weighted by Crippen LogP contribution is -2.26. The lowest BCUT2D eigenvalue weighted by Gasteiger charge is -2.24. The summed E-state index contributed by atoms with van der Waals surface area (Å²) in [6.07, 6.45) is 4.83. The minimum absolute atomic E-state index is 0.0492. The molecule has 1 atom stereocenters. The van der Waals surface area contributed by atoms with Crippen LogP contribution in [0.4, 0.5) is 20.2 Å². The van der Waals surface area contributed by atoms with Crippen LogP contribution in [-0.4, -0.2) is 42.5 Å². The number of benzene rings is 2. The zero-order valence-electron chi connectivity index (χ0n) is 25.7. The number of anilines is 2. The topological polar surface area (TPSA) is 109 Å². The highest BCUT2D eigenvalue weighted by atomic mass is 35.5. The monoisotopic (exact) mass is 629 g/mol. The van der Waals surface area contributed by atoms with Crippen molar-refractivity contribution in [3.63, 3.8) is 0 Å². The van der Waals surface area contributed by atoms with Gasteiger partial charge in [-0.1, -0.05) is 55.8 Å². The first kappa shape index (κ1) is 30.5. The molecule has 0 radical (unpaired) electrons. The van der Waals surface area contributed by atoms with Gasteiger partial charge in [-0.05, 0) is 48.4 Å². The summed E-state index contributed by atoms with van der Waals surface area (Å²) in [5, 5.41) is 26.6. The molecule has 45 heavy (non-hydrogen) atoms. The third kappa shape index (κ3) is 5.71. The van der Waals surface area contributed by atoms with Crippen LogP contribution in [0.2, 0.25) is 5.02 Å². The third-order valence-electron chi connectivity index (χ3n) is 8.36. The Kier molecular flexibility index (Phi) is 7.73. The standard InChI is InChI=1S/C33H34ClF2N9/c1-19-22(27-15-38-18-44(27)5)7-6-8-23(19)30(26-16-45(43-42-26)33(9-10-33)31(35)36)41-21-11-24-28(40-17-32(2,3)4)20(13-37)14-39-29(24)25(34)12-21/h6-8,11-12,14-16,18,30-31,41H,9-10,17H2,1-5H3,(H,39,40). The molecule has 0 saturated heterocycles. The van der Waals surface area contributed by atoms with E-state index in [0.717, 1.165) is 22.4 Å². The van der Waals surface area contributed by atoms with Crippen molar-refractivity contribution in [2.45, 2.75) is 58.5 Å². The molecule has 0 bridgehead atoms. The van der Waals surface area contributed by atoms with E-state index in [0.29, 0.717) is 57.9 Å². The summed E-state index contributed by atoms with van der Waals surface area (Å²) in [5.74, 6) is 0. The van der Waals surface area contributed by atoms with E-state index in [-0.39, 0.29) is 5.41 Å². The molecule has 1 unspecified atom stereocenters. The second-order valence-corrected chi connectivity index (χ2v) is 13.3. The first-order valence-corrected chi connectivity index (χ1v) is 15.1. The van der Waals surface area contributed by atoms with E-state index in [1.807, 2.05) is 42.8 Å². The van der Waals surface area contributed by atoms with Gasteiger partial charge in [-0.3, -0.25) is 4.98 Å². The number of nitrogens with zero attached hydrogens (tertiary/aromatic N) is 7. The molecule has 1 saturated carbocycles. The van der Waals surface area contributed by atoms with Gasteiger partial charge in [0.1, 0.15) is 17.3 Å². The van der Waals surface area contributed by atoms with Crippen LogP contribution in [0, 0.1) is 23.7 Å². The van der Waals surface area contributed by atoms with Crippen molar-refractivity contribution >= 4 is 33.9 Å². The molecule has 1 fully saturated rings. The molecular formula is C33H34ClF2N9. The Morgan fingerprint density at radius 2 is 1.96 bits per heavy atom. The Morgan fingerprint density at radius 3 is 2.60 bits per heavy atom. The number of imidazole rings is 1. The number of halogens is 3. The van der Waals surface area contributed by atoms with Crippen LogP contribution in [0.1, 0.15) is 62.0 Å². The van der Waals surface area contributed by atoms with Crippen molar-refractivity contribution in [2.75, 3.05) is 17.2 Å². The van der Waals surface area contributed by atoms with Crippen LogP contribution < -0.4 is 10.6 Å². The maximum atomic E-state index is 14.0. The van der Waals surface area contributed by atoms with Crippen LogP contribution in [-0.2, 0) is 12.6 Å². The summed E-state index contributed by atoms with van der Waals surface area (Å²) < 4.78 is 31.3. The van der Waals surface area contributed by atoms with E-state index < -0.39 is 18.0 Å². The molecule has 2 N–H and O–H groups in total. The van der Waals surface area contributed by atoms with Crippen molar-refractivity contribution < 1.29 is 8.78 Å². The van der Waals surface area contributed by atoms with Gasteiger partial charge in [0.2, 0.25) is 0 Å². The molecule has 1 aliphatic rings. The van der Waals surface area contributed by atoms with E-state index in [9.17, 15) is 14.0 Å². The second kappa shape index (κ2) is 11.4. The number of hydrogen-bond donors (Lipinski definition) is 2. The Balaban J connectivity index is 1.48. The van der Waals surface area contributed by atoms with E-state index in [1.54, 1.807) is 24.8 Å². The maximum absolute atomic E-state index is 14.0. The normalized spacial score (nSPS) is 14.8. The minimum atomic E-state index is -2.55. The summed E-state index contributed by atoms with van der Waals surface area (Å²) in [6.45, 7) is 8.95. The van der Waals surface area contributed by atoms with Gasteiger partial charge in [-0.25, -0.2) is 18.4 Å². The Bertz CT molecular complexity index is 1930. The number of alkyl halides is 2. The van der Waals surface area contributed by atoms with Gasteiger partial charge in [-0.2, -0.15) is 5.26 Å². The molecule has 0 spiro atoms. The number of pyridine rings is 1. The summed E-state index contributed by atoms with van der Waals surface area (Å²) in [6, 6.07) is 11.3. The fourth-order valence-electron chi connectivity index (χ4n) is 5.61. The van der Waals surface area contributed by atoms with E-state index in [2.05, 4.69) is 57.8 Å². The molecule has 6 rings (SSSR count). The number of nitriles is 1. The SMILES string of the molecule is Cc1c(-c2cncn2C)cccc1C(Nc1cc(Cl)c2ncc(C#N)c(NCC(C)(C)C)c2c1)c1cn(C2(C(F)F)CC2)nn1. The zero-order chi connectivity index (χ0) is 32.1. The van der Waals surface area contributed by atoms with Crippen molar-refractivity contribution in [3.05, 3.63) is 82.7 Å². The lowest BCUT2D eigenvalue weighted by molar-refractivity contribution is 0.0593. The molecule has 3 heterocycles. The number of aromatic nitrogens is 6. The van der Waals surface area contributed by atoms with Crippen molar-refractivity contribution in [2.24, 2.45) is 12.5 Å². The lowest BCUT2D eigenvalue weighted by atomic mass is 9.93. The predicted octanol–water partition coefficient (Wildman–Crippen LogP) is 7.47. The van der Waals surface area contributed by atoms with Crippen LogP contribution in [0.5, 0.6) is 0 Å². The average molecular weight is 630 g/mol. The molecule has 1 aliphatic carbocycles. The largest absolute Gasteiger partial charge is 0.383 e. The smallest absolute Gasteiger partial charge is 0.263 e. The number of hydrogen-bond acceptors (Lipinski definition) is 7. The number of fused-ring (bicyclic) bond motifs is 1. The highest BCUT2D eigenvalue weighted by Crippen LogP contribution is 2.48. The third-order valence-corrected chi connectivity index (χ3v) is 8.65. The van der Waals surface area contributed by atoms with Crippen molar-refractivity contribution in [3.8, 4) is 17.3 Å². The zero-order valence-corrected chi connectivity index (χ0v) is 26.5. The number of aryl methyl sites for hydroxylation is 1. The van der Waals surface area contributed by atoms with Crippen LogP contribution >= 0.6 is 11.6 Å². The van der Waals surface area contributed by atoms with Gasteiger partial charge < -0.3 is 15.2 Å². The molecule has 12 heteroatoms. The molecule has 232 valence electrons. The van der Waals surface area contributed by atoms with Gasteiger partial charge in [-0.15, -0.1) is 5.10 Å². The molecule has 0 aliphatic heterocycles. The fourth-order valence-corrected chi connectivity index (χ4v) is 5.88. The van der Waals surface area contributed by atoms with Gasteiger partial charge in [0.15, 0.2) is 0 Å². The number of nitrogens with one attached hydrogen (secondary N) is 2. The highest BCUT2D eigenvalue weighted by molar-refractivity contribution is 6.35. The minimum Gasteiger partial charge on any atom is -0.383 e. The summed E-state index contributed by atoms with van der Waals surface area (Å²) in [5.41, 5.74) is 5.13. The molecule has 2 aromatic carbocycles. The van der Waals surface area contributed by atoms with Crippen LogP contribution in [0.15, 0.2) is 55.2 Å². The van der Waals surface area contributed by atoms with Crippen LogP contribution in [0.3, 0.4) is 0 Å². The van der Waals surface area contributed by atoms with E-state index in [4.69, 9.17) is 11.6 Å². The molecular weight excluding hydrogens is 596 g/mol. The van der Waals surface area contributed by atoms with E-state index in [1.165, 1.54) is 10.9 Å². The average Bonchev–Trinajstić information content (AvgIpc) is 3.47. The van der Waals surface area contributed by atoms with Gasteiger partial charge >= 0.3 is 0 Å². The van der Waals surface area contributed by atoms with Gasteiger partial charge in [0, 0.05) is 36.4 Å². The van der Waals surface area contributed by atoms with Crippen molar-refractivity contribution in [1.29, 1.82) is 5.26 Å². The Labute approximate surface area is 265 Å². The van der Waals surface area contributed by atoms with Crippen molar-refractivity contribution in [1.82, 2.24) is 29.5 Å². The fraction of sp³-hybridized carbons (Fsp3) is 0.364. The molecule has 9 nitrogen and oxygen atoms in total. The predicted molar refractivity (Wildman–Crippen MR) is 171 cm³/mol. The quantitative estimate of drug-likeness (QED) is 0.174. The Hall–Kier alpha value is -4.56. The van der Waals surface area contributed by atoms with Crippen LogP contribution in [0.25, 0.3) is 22.2 Å². The summed E-state index contributed by atoms with van der Waals surface area (Å²) in [4.78, 5) is 8.77. The number of rotatable bonds is 9. The first-order valence-electron chi connectivity index (χ1n) is 14.7. The molecule has 3 aromatic heterocycles. The second-order valence-electron chi connectivity index (χ2n) is 12.9. The maximum Gasteiger partial charge on any atom is 0.263 e.